The van der Waals surface area contributed by atoms with Gasteiger partial charge in [0.15, 0.2) is 0 Å². The molecule has 7 rings (SSSR count). The number of carbonyl (C=O) groups excluding carboxylic acids is 4. The number of fused-ring (bicyclic) bond motifs is 3. The van der Waals surface area contributed by atoms with Crippen LogP contribution in [-0.2, 0) is 25.7 Å². The molecular formula is C30H43N7O5. The smallest absolute Gasteiger partial charge is 0.274 e. The Hall–Kier alpha value is -3.51. The first-order valence-corrected chi connectivity index (χ1v) is 15.2. The molecule has 0 aromatic carbocycles. The molecule has 0 unspecified atom stereocenters. The Morgan fingerprint density at radius 1 is 1.10 bits per heavy atom. The number of aromatic nitrogens is 1. The summed E-state index contributed by atoms with van der Waals surface area (Å²) in [4.78, 5) is 70.9. The van der Waals surface area contributed by atoms with Crippen molar-refractivity contribution in [3.05, 3.63) is 40.8 Å². The highest BCUT2D eigenvalue weighted by Gasteiger charge is 2.57. The van der Waals surface area contributed by atoms with Crippen LogP contribution in [0.3, 0.4) is 0 Å². The SMILES string of the molecule is CCN(CC)C(=O)/C=C/CC[C@H](NC(=O)[C@@H]1CN2CCN1CC2)C(=O)Nc1cccn(CC(=O)NC23CC(C2)C3)c1=O. The van der Waals surface area contributed by atoms with E-state index < -0.39 is 17.5 Å². The Morgan fingerprint density at radius 2 is 1.81 bits per heavy atom. The lowest BCUT2D eigenvalue weighted by Gasteiger charge is -2.61. The Morgan fingerprint density at radius 3 is 2.40 bits per heavy atom. The standard InChI is InChI=1S/C30H43N7O5/c1-3-35(4-2)26(39)10-6-5-8-22(31-28(41)24-19-34-12-14-36(24)15-13-34)27(40)32-23-9-7-11-37(29(23)42)20-25(38)33-30-16-21(17-30)18-30/h6-7,9-11,21-22,24H,3-5,8,12-20H2,1-2H3,(H,31,41)(H,32,40)(H,33,38)/b10-6+/t21?,22-,24-,30?/m0/s1. The zero-order valence-corrected chi connectivity index (χ0v) is 24.6. The van der Waals surface area contributed by atoms with Gasteiger partial charge in [0.1, 0.15) is 24.3 Å². The lowest BCUT2D eigenvalue weighted by atomic mass is 9.50. The summed E-state index contributed by atoms with van der Waals surface area (Å²) in [6.45, 7) is 9.00. The lowest BCUT2D eigenvalue weighted by molar-refractivity contribution is -0.135. The zero-order valence-electron chi connectivity index (χ0n) is 24.6. The summed E-state index contributed by atoms with van der Waals surface area (Å²) in [7, 11) is 0. The van der Waals surface area contributed by atoms with E-state index in [-0.39, 0.29) is 48.0 Å². The molecule has 6 aliphatic rings. The molecule has 12 nitrogen and oxygen atoms in total. The minimum Gasteiger partial charge on any atom is -0.349 e. The largest absolute Gasteiger partial charge is 0.349 e. The fourth-order valence-electron chi connectivity index (χ4n) is 6.59. The zero-order chi connectivity index (χ0) is 29.9. The van der Waals surface area contributed by atoms with Gasteiger partial charge < -0.3 is 25.4 Å². The van der Waals surface area contributed by atoms with Gasteiger partial charge in [-0.05, 0) is 70.1 Å². The number of nitrogens with one attached hydrogen (secondary N) is 3. The van der Waals surface area contributed by atoms with Gasteiger partial charge in [0.25, 0.3) is 5.56 Å². The number of hydrogen-bond donors (Lipinski definition) is 3. The Labute approximate surface area is 246 Å². The van der Waals surface area contributed by atoms with Crippen LogP contribution in [-0.4, -0.2) is 106 Å². The molecule has 42 heavy (non-hydrogen) atoms. The number of amides is 4. The average Bonchev–Trinajstić information content (AvgIpc) is 2.95. The summed E-state index contributed by atoms with van der Waals surface area (Å²) in [5.41, 5.74) is -0.533. The molecule has 1 aromatic rings. The summed E-state index contributed by atoms with van der Waals surface area (Å²) in [5, 5.41) is 8.66. The van der Waals surface area contributed by atoms with Crippen molar-refractivity contribution in [3.8, 4) is 0 Å². The van der Waals surface area contributed by atoms with Gasteiger partial charge in [-0.2, -0.15) is 0 Å². The van der Waals surface area contributed by atoms with Crippen LogP contribution >= 0.6 is 0 Å². The van der Waals surface area contributed by atoms with Crippen LogP contribution in [0.2, 0.25) is 0 Å². The molecule has 3 saturated carbocycles. The molecule has 4 amide bonds. The van der Waals surface area contributed by atoms with Crippen molar-refractivity contribution in [1.29, 1.82) is 0 Å². The van der Waals surface area contributed by atoms with Crippen molar-refractivity contribution in [2.75, 3.05) is 51.1 Å². The van der Waals surface area contributed by atoms with Crippen LogP contribution in [0, 0.1) is 5.92 Å². The highest BCUT2D eigenvalue weighted by molar-refractivity contribution is 5.98. The topological polar surface area (TPSA) is 136 Å². The third kappa shape index (κ3) is 6.59. The second kappa shape index (κ2) is 12.8. The van der Waals surface area contributed by atoms with Crippen molar-refractivity contribution in [2.24, 2.45) is 5.92 Å². The monoisotopic (exact) mass is 581 g/mol. The number of rotatable bonds is 13. The van der Waals surface area contributed by atoms with Crippen molar-refractivity contribution < 1.29 is 19.2 Å². The van der Waals surface area contributed by atoms with E-state index in [0.29, 0.717) is 26.1 Å². The van der Waals surface area contributed by atoms with Crippen molar-refractivity contribution >= 4 is 29.3 Å². The first kappa shape index (κ1) is 30.0. The molecular weight excluding hydrogens is 538 g/mol. The maximum atomic E-state index is 13.5. The number of nitrogens with zero attached hydrogens (tertiary/aromatic N) is 4. The number of allylic oxidation sites excluding steroid dienone is 1. The summed E-state index contributed by atoms with van der Waals surface area (Å²) < 4.78 is 1.28. The van der Waals surface area contributed by atoms with Gasteiger partial charge in [0.2, 0.25) is 23.6 Å². The molecule has 228 valence electrons. The van der Waals surface area contributed by atoms with Crippen LogP contribution in [0.1, 0.15) is 46.0 Å². The number of anilines is 1. The minimum absolute atomic E-state index is 0.0407. The van der Waals surface area contributed by atoms with Gasteiger partial charge in [-0.3, -0.25) is 33.8 Å². The Bertz CT molecular complexity index is 1260. The van der Waals surface area contributed by atoms with Crippen molar-refractivity contribution in [2.45, 2.75) is 70.1 Å². The lowest BCUT2D eigenvalue weighted by Crippen LogP contribution is -2.68. The highest BCUT2D eigenvalue weighted by atomic mass is 16.2. The molecule has 0 radical (unpaired) electrons. The van der Waals surface area contributed by atoms with Crippen LogP contribution in [0.25, 0.3) is 0 Å². The maximum absolute atomic E-state index is 13.5. The quantitative estimate of drug-likeness (QED) is 0.282. The second-order valence-corrected chi connectivity index (χ2v) is 12.1. The number of likely N-dealkylation sites (N-methyl/N-ethyl adjacent to an activating group) is 1. The van der Waals surface area contributed by atoms with Gasteiger partial charge in [-0.1, -0.05) is 6.08 Å². The number of piperazine rings is 3. The molecule has 3 N–H and O–H groups in total. The molecule has 12 heteroatoms. The van der Waals surface area contributed by atoms with Crippen molar-refractivity contribution in [3.63, 3.8) is 0 Å². The van der Waals surface area contributed by atoms with E-state index in [1.807, 2.05) is 13.8 Å². The maximum Gasteiger partial charge on any atom is 0.274 e. The Balaban J connectivity index is 1.23. The molecule has 3 aliphatic carbocycles. The number of hydrogen-bond acceptors (Lipinski definition) is 7. The third-order valence-electron chi connectivity index (χ3n) is 9.21. The molecule has 3 aliphatic heterocycles. The van der Waals surface area contributed by atoms with Gasteiger partial charge >= 0.3 is 0 Å². The summed E-state index contributed by atoms with van der Waals surface area (Å²) in [5.74, 6) is -0.341. The molecule has 6 fully saturated rings. The van der Waals surface area contributed by atoms with Gasteiger partial charge in [-0.25, -0.2) is 0 Å². The summed E-state index contributed by atoms with van der Waals surface area (Å²) >= 11 is 0. The Kier molecular flexibility index (Phi) is 9.12. The molecule has 1 aromatic heterocycles. The first-order chi connectivity index (χ1) is 20.2. The summed E-state index contributed by atoms with van der Waals surface area (Å²) in [6.07, 6.45) is 8.39. The van der Waals surface area contributed by atoms with Crippen LogP contribution < -0.4 is 21.5 Å². The molecule has 3 saturated heterocycles. The predicted octanol–water partition coefficient (Wildman–Crippen LogP) is 0.145. The first-order valence-electron chi connectivity index (χ1n) is 15.2. The molecule has 2 atom stereocenters. The van der Waals surface area contributed by atoms with Crippen molar-refractivity contribution in [1.82, 2.24) is 29.9 Å². The second-order valence-electron chi connectivity index (χ2n) is 12.1. The van der Waals surface area contributed by atoms with E-state index >= 15 is 0 Å². The van der Waals surface area contributed by atoms with E-state index in [4.69, 9.17) is 0 Å². The van der Waals surface area contributed by atoms with Crippen LogP contribution in [0.4, 0.5) is 5.69 Å². The molecule has 4 heterocycles. The summed E-state index contributed by atoms with van der Waals surface area (Å²) in [6, 6.07) is 1.86. The highest BCUT2D eigenvalue weighted by Crippen LogP contribution is 2.56. The molecule has 4 bridgehead atoms. The van der Waals surface area contributed by atoms with Gasteiger partial charge in [0, 0.05) is 57.5 Å². The van der Waals surface area contributed by atoms with E-state index in [1.165, 1.54) is 22.9 Å². The normalized spacial score (nSPS) is 27.9. The number of carbonyl (C=O) groups is 4. The van der Waals surface area contributed by atoms with Crippen LogP contribution in [0.5, 0.6) is 0 Å². The fraction of sp³-hybridized carbons (Fsp3) is 0.633. The van der Waals surface area contributed by atoms with E-state index in [9.17, 15) is 24.0 Å². The van der Waals surface area contributed by atoms with E-state index in [1.54, 1.807) is 17.0 Å². The fourth-order valence-corrected chi connectivity index (χ4v) is 6.59. The third-order valence-corrected chi connectivity index (χ3v) is 9.21. The van der Waals surface area contributed by atoms with E-state index in [0.717, 1.165) is 51.4 Å². The predicted molar refractivity (Wildman–Crippen MR) is 158 cm³/mol. The minimum atomic E-state index is -0.914. The van der Waals surface area contributed by atoms with E-state index in [2.05, 4.69) is 25.8 Å². The van der Waals surface area contributed by atoms with Gasteiger partial charge in [0.05, 0.1) is 0 Å². The number of pyridine rings is 1. The van der Waals surface area contributed by atoms with Crippen LogP contribution in [0.15, 0.2) is 35.3 Å². The molecule has 0 spiro atoms. The average molecular weight is 582 g/mol. The van der Waals surface area contributed by atoms with Gasteiger partial charge in [-0.15, -0.1) is 0 Å².